The van der Waals surface area contributed by atoms with Gasteiger partial charge in [-0.1, -0.05) is 18.2 Å². The molecule has 1 aromatic heterocycles. The van der Waals surface area contributed by atoms with Gasteiger partial charge in [0.1, 0.15) is 0 Å². The monoisotopic (exact) mass is 269 g/mol. The smallest absolute Gasteiger partial charge is 0.339 e. The predicted octanol–water partition coefficient (Wildman–Crippen LogP) is 2.81. The summed E-state index contributed by atoms with van der Waals surface area (Å²) in [6, 6.07) is 10.5. The zero-order valence-corrected chi connectivity index (χ0v) is 10.6. The predicted molar refractivity (Wildman–Crippen MR) is 74.1 cm³/mol. The van der Waals surface area contributed by atoms with Crippen LogP contribution in [0.5, 0.6) is 0 Å². The van der Waals surface area contributed by atoms with Crippen molar-refractivity contribution in [2.45, 2.75) is 0 Å². The number of nitrogens with one attached hydrogen (secondary N) is 1. The van der Waals surface area contributed by atoms with Crippen LogP contribution in [-0.2, 0) is 4.74 Å². The lowest BCUT2D eigenvalue weighted by Crippen LogP contribution is -2.10. The zero-order chi connectivity index (χ0) is 14.3. The second kappa shape index (κ2) is 4.38. The zero-order valence-electron chi connectivity index (χ0n) is 10.6. The van der Waals surface area contributed by atoms with Crippen LogP contribution in [0.3, 0.4) is 0 Å². The molecule has 0 saturated carbocycles. The van der Waals surface area contributed by atoms with Crippen LogP contribution in [-0.4, -0.2) is 29.1 Å². The third-order valence-electron chi connectivity index (χ3n) is 3.29. The van der Waals surface area contributed by atoms with E-state index in [0.29, 0.717) is 10.9 Å². The van der Waals surface area contributed by atoms with E-state index in [2.05, 4.69) is 4.98 Å². The molecule has 0 saturated heterocycles. The first-order chi connectivity index (χ1) is 9.63. The maximum Gasteiger partial charge on any atom is 0.339 e. The fourth-order valence-corrected chi connectivity index (χ4v) is 2.43. The Labute approximate surface area is 113 Å². The van der Waals surface area contributed by atoms with Gasteiger partial charge in [-0.15, -0.1) is 0 Å². The lowest BCUT2D eigenvalue weighted by Gasteiger charge is -2.06. The third-order valence-corrected chi connectivity index (χ3v) is 3.29. The summed E-state index contributed by atoms with van der Waals surface area (Å²) in [4.78, 5) is 26.5. The van der Waals surface area contributed by atoms with Crippen LogP contribution in [0.4, 0.5) is 0 Å². The molecule has 0 amide bonds. The number of carboxylic acid groups (broad SMARTS) is 1. The quantitative estimate of drug-likeness (QED) is 0.701. The summed E-state index contributed by atoms with van der Waals surface area (Å²) in [5.41, 5.74) is 1.57. The van der Waals surface area contributed by atoms with Gasteiger partial charge in [-0.2, -0.15) is 0 Å². The number of aromatic nitrogens is 1. The topological polar surface area (TPSA) is 79.4 Å². The van der Waals surface area contributed by atoms with Crippen LogP contribution >= 0.6 is 0 Å². The third kappa shape index (κ3) is 1.64. The maximum absolute atomic E-state index is 12.0. The summed E-state index contributed by atoms with van der Waals surface area (Å²) in [5, 5.41) is 10.6. The number of carbonyl (C=O) groups excluding carboxylic acids is 1. The number of fused-ring (bicyclic) bond motifs is 3. The summed E-state index contributed by atoms with van der Waals surface area (Å²) in [5.74, 6) is -1.81. The summed E-state index contributed by atoms with van der Waals surface area (Å²) < 4.78 is 4.74. The van der Waals surface area contributed by atoms with Gasteiger partial charge in [-0.05, 0) is 18.2 Å². The highest BCUT2D eigenvalue weighted by Gasteiger charge is 2.22. The largest absolute Gasteiger partial charge is 0.478 e. The SMILES string of the molecule is COC(=O)c1c(C(=O)O)ccc2[nH]c3ccccc3c12. The van der Waals surface area contributed by atoms with E-state index >= 15 is 0 Å². The van der Waals surface area contributed by atoms with Gasteiger partial charge in [0.2, 0.25) is 0 Å². The molecule has 100 valence electrons. The minimum atomic E-state index is -1.16. The fraction of sp³-hybridized carbons (Fsp3) is 0.0667. The molecule has 2 N–H and O–H groups in total. The molecule has 0 aliphatic heterocycles. The number of para-hydroxylation sites is 1. The Balaban J connectivity index is 2.53. The molecule has 0 spiro atoms. The first kappa shape index (κ1) is 12.2. The number of benzene rings is 2. The van der Waals surface area contributed by atoms with Crippen molar-refractivity contribution in [3.05, 3.63) is 47.5 Å². The Kier molecular flexibility index (Phi) is 2.68. The van der Waals surface area contributed by atoms with E-state index in [1.165, 1.54) is 13.2 Å². The van der Waals surface area contributed by atoms with Crippen molar-refractivity contribution in [2.24, 2.45) is 0 Å². The molecular formula is C15H11NO4. The van der Waals surface area contributed by atoms with Crippen molar-refractivity contribution >= 4 is 33.7 Å². The van der Waals surface area contributed by atoms with Crippen LogP contribution in [0.15, 0.2) is 36.4 Å². The second-order valence-electron chi connectivity index (χ2n) is 4.38. The van der Waals surface area contributed by atoms with Gasteiger partial charge in [0.15, 0.2) is 0 Å². The molecular weight excluding hydrogens is 258 g/mol. The molecule has 1 heterocycles. The number of methoxy groups -OCH3 is 1. The Bertz CT molecular complexity index is 848. The molecule has 5 nitrogen and oxygen atoms in total. The number of hydrogen-bond donors (Lipinski definition) is 2. The van der Waals surface area contributed by atoms with Gasteiger partial charge in [-0.25, -0.2) is 9.59 Å². The minimum Gasteiger partial charge on any atom is -0.478 e. The highest BCUT2D eigenvalue weighted by molar-refractivity contribution is 6.20. The van der Waals surface area contributed by atoms with E-state index in [9.17, 15) is 14.7 Å². The number of rotatable bonds is 2. The van der Waals surface area contributed by atoms with Crippen molar-refractivity contribution in [3.8, 4) is 0 Å². The van der Waals surface area contributed by atoms with E-state index < -0.39 is 11.9 Å². The Morgan fingerprint density at radius 1 is 1.10 bits per heavy atom. The van der Waals surface area contributed by atoms with E-state index in [1.54, 1.807) is 6.07 Å². The highest BCUT2D eigenvalue weighted by Crippen LogP contribution is 2.31. The van der Waals surface area contributed by atoms with Crippen molar-refractivity contribution < 1.29 is 19.4 Å². The molecule has 0 unspecified atom stereocenters. The van der Waals surface area contributed by atoms with Crippen molar-refractivity contribution in [1.82, 2.24) is 4.98 Å². The Hall–Kier alpha value is -2.82. The number of esters is 1. The molecule has 0 fully saturated rings. The maximum atomic E-state index is 12.0. The van der Waals surface area contributed by atoms with E-state index in [1.807, 2.05) is 24.3 Å². The Morgan fingerprint density at radius 2 is 1.85 bits per heavy atom. The summed E-state index contributed by atoms with van der Waals surface area (Å²) >= 11 is 0. The summed E-state index contributed by atoms with van der Waals surface area (Å²) in [7, 11) is 1.24. The lowest BCUT2D eigenvalue weighted by molar-refractivity contribution is 0.0585. The van der Waals surface area contributed by atoms with Gasteiger partial charge in [0, 0.05) is 21.8 Å². The van der Waals surface area contributed by atoms with Crippen LogP contribution in [0.2, 0.25) is 0 Å². The number of aromatic carboxylic acids is 1. The Morgan fingerprint density at radius 3 is 2.55 bits per heavy atom. The second-order valence-corrected chi connectivity index (χ2v) is 4.38. The van der Waals surface area contributed by atoms with Crippen LogP contribution < -0.4 is 0 Å². The number of aromatic amines is 1. The number of hydrogen-bond acceptors (Lipinski definition) is 3. The molecule has 0 bridgehead atoms. The van der Waals surface area contributed by atoms with Crippen LogP contribution in [0.25, 0.3) is 21.8 Å². The molecule has 0 radical (unpaired) electrons. The van der Waals surface area contributed by atoms with E-state index in [4.69, 9.17) is 4.74 Å². The molecule has 3 aromatic rings. The normalized spacial score (nSPS) is 10.8. The minimum absolute atomic E-state index is 0.0610. The van der Waals surface area contributed by atoms with Gasteiger partial charge in [-0.3, -0.25) is 0 Å². The molecule has 0 aliphatic rings. The van der Waals surface area contributed by atoms with Crippen LogP contribution in [0.1, 0.15) is 20.7 Å². The van der Waals surface area contributed by atoms with Gasteiger partial charge in [0.05, 0.1) is 18.2 Å². The molecule has 20 heavy (non-hydrogen) atoms. The van der Waals surface area contributed by atoms with Crippen molar-refractivity contribution in [2.75, 3.05) is 7.11 Å². The summed E-state index contributed by atoms with van der Waals surface area (Å²) in [6.45, 7) is 0. The number of carbonyl (C=O) groups is 2. The van der Waals surface area contributed by atoms with Crippen LogP contribution in [0, 0.1) is 0 Å². The molecule has 3 rings (SSSR count). The van der Waals surface area contributed by atoms with Crippen molar-refractivity contribution in [3.63, 3.8) is 0 Å². The lowest BCUT2D eigenvalue weighted by atomic mass is 10.0. The molecule has 0 atom stereocenters. The van der Waals surface area contributed by atoms with E-state index in [0.717, 1.165) is 10.9 Å². The van der Waals surface area contributed by atoms with Crippen molar-refractivity contribution in [1.29, 1.82) is 0 Å². The number of H-pyrrole nitrogens is 1. The van der Waals surface area contributed by atoms with Gasteiger partial charge >= 0.3 is 11.9 Å². The molecule has 5 heteroatoms. The first-order valence-electron chi connectivity index (χ1n) is 5.98. The molecule has 2 aromatic carbocycles. The van der Waals surface area contributed by atoms with Gasteiger partial charge < -0.3 is 14.8 Å². The average Bonchev–Trinajstić information content (AvgIpc) is 2.83. The van der Waals surface area contributed by atoms with E-state index in [-0.39, 0.29) is 11.1 Å². The fourth-order valence-electron chi connectivity index (χ4n) is 2.43. The highest BCUT2D eigenvalue weighted by atomic mass is 16.5. The first-order valence-corrected chi connectivity index (χ1v) is 5.98. The number of ether oxygens (including phenoxy) is 1. The average molecular weight is 269 g/mol. The standard InChI is InChI=1S/C15H11NO4/c1-20-15(19)13-9(14(17)18)6-7-11-12(13)8-4-2-3-5-10(8)16-11/h2-7,16H,1H3,(H,17,18). The summed E-state index contributed by atoms with van der Waals surface area (Å²) in [6.07, 6.45) is 0. The van der Waals surface area contributed by atoms with Gasteiger partial charge in [0.25, 0.3) is 0 Å². The molecule has 0 aliphatic carbocycles. The number of carboxylic acids is 1.